The molecule has 2 aromatic carbocycles. The number of hydrogen-bond acceptors (Lipinski definition) is 4. The Labute approximate surface area is 161 Å². The predicted octanol–water partition coefficient (Wildman–Crippen LogP) is 5.46. The minimum Gasteiger partial charge on any atom is -0.497 e. The van der Waals surface area contributed by atoms with Gasteiger partial charge in [0.2, 0.25) is 0 Å². The van der Waals surface area contributed by atoms with E-state index in [0.29, 0.717) is 12.0 Å². The summed E-state index contributed by atoms with van der Waals surface area (Å²) in [5, 5.41) is 0. The second-order valence-corrected chi connectivity index (χ2v) is 6.69. The van der Waals surface area contributed by atoms with Crippen LogP contribution in [0.15, 0.2) is 54.6 Å². The van der Waals surface area contributed by atoms with E-state index in [9.17, 15) is 9.59 Å². The molecule has 0 saturated carbocycles. The minimum atomic E-state index is -0.270. The molecule has 0 spiro atoms. The fourth-order valence-corrected chi connectivity index (χ4v) is 2.88. The lowest BCUT2D eigenvalue weighted by Gasteiger charge is -2.13. The van der Waals surface area contributed by atoms with Crippen molar-refractivity contribution in [1.82, 2.24) is 0 Å². The van der Waals surface area contributed by atoms with E-state index < -0.39 is 0 Å². The quantitative estimate of drug-likeness (QED) is 0.300. The number of methoxy groups -OCH3 is 1. The maximum atomic E-state index is 12.1. The number of Topliss-reactive ketones (excluding diaryl/α,β-unsaturated/α-hetero) is 1. The number of carbonyl (C=O) groups is 2. The van der Waals surface area contributed by atoms with Crippen molar-refractivity contribution in [3.63, 3.8) is 0 Å². The third-order valence-electron chi connectivity index (χ3n) is 4.49. The third kappa shape index (κ3) is 7.26. The van der Waals surface area contributed by atoms with Crippen LogP contribution in [0.1, 0.15) is 66.2 Å². The molecule has 0 aliphatic rings. The summed E-state index contributed by atoms with van der Waals surface area (Å²) in [7, 11) is 1.61. The number of benzene rings is 2. The van der Waals surface area contributed by atoms with E-state index in [1.54, 1.807) is 19.2 Å². The fourth-order valence-electron chi connectivity index (χ4n) is 2.88. The molecule has 1 atom stereocenters. The summed E-state index contributed by atoms with van der Waals surface area (Å²) in [4.78, 5) is 24.1. The van der Waals surface area contributed by atoms with Crippen LogP contribution in [-0.2, 0) is 4.74 Å². The molecule has 0 saturated heterocycles. The average molecular weight is 368 g/mol. The minimum absolute atomic E-state index is 0.0985. The van der Waals surface area contributed by atoms with Gasteiger partial charge in [0, 0.05) is 12.0 Å². The number of ketones is 1. The normalized spacial score (nSPS) is 11.6. The first-order chi connectivity index (χ1) is 13.1. The van der Waals surface area contributed by atoms with E-state index in [1.165, 1.54) is 0 Å². The third-order valence-corrected chi connectivity index (χ3v) is 4.49. The van der Waals surface area contributed by atoms with Crippen LogP contribution in [0.2, 0.25) is 0 Å². The lowest BCUT2D eigenvalue weighted by molar-refractivity contribution is 0.0319. The van der Waals surface area contributed by atoms with Gasteiger partial charge in [-0.3, -0.25) is 4.79 Å². The van der Waals surface area contributed by atoms with Crippen LogP contribution >= 0.6 is 0 Å². The van der Waals surface area contributed by atoms with Gasteiger partial charge >= 0.3 is 5.97 Å². The molecular weight excluding hydrogens is 340 g/mol. The molecule has 0 aliphatic heterocycles. The van der Waals surface area contributed by atoms with Crippen molar-refractivity contribution in [3.8, 4) is 5.75 Å². The predicted molar refractivity (Wildman–Crippen MR) is 106 cm³/mol. The summed E-state index contributed by atoms with van der Waals surface area (Å²) in [6.07, 6.45) is 5.20. The summed E-state index contributed by atoms with van der Waals surface area (Å²) in [6.45, 7) is 1.92. The van der Waals surface area contributed by atoms with Gasteiger partial charge in [-0.2, -0.15) is 0 Å². The molecular formula is C23H28O4. The van der Waals surface area contributed by atoms with Gasteiger partial charge in [-0.15, -0.1) is 0 Å². The first kappa shape index (κ1) is 20.7. The van der Waals surface area contributed by atoms with Crippen LogP contribution in [0, 0.1) is 0 Å². The van der Waals surface area contributed by atoms with Gasteiger partial charge in [0.15, 0.2) is 5.78 Å². The molecule has 144 valence electrons. The monoisotopic (exact) mass is 368 g/mol. The van der Waals surface area contributed by atoms with Crippen LogP contribution in [0.5, 0.6) is 5.75 Å². The van der Waals surface area contributed by atoms with Crippen LogP contribution in [0.3, 0.4) is 0 Å². The molecule has 27 heavy (non-hydrogen) atoms. The fraction of sp³-hybridized carbons (Fsp3) is 0.391. The number of unbranched alkanes of at least 4 members (excludes halogenated alkanes) is 3. The zero-order valence-corrected chi connectivity index (χ0v) is 16.1. The van der Waals surface area contributed by atoms with E-state index in [1.807, 2.05) is 49.4 Å². The zero-order valence-electron chi connectivity index (χ0n) is 16.1. The molecule has 0 radical (unpaired) electrons. The Balaban J connectivity index is 1.57. The summed E-state index contributed by atoms with van der Waals surface area (Å²) >= 11 is 0. The van der Waals surface area contributed by atoms with Crippen molar-refractivity contribution >= 4 is 11.8 Å². The highest BCUT2D eigenvalue weighted by molar-refractivity contribution is 5.96. The molecule has 0 aliphatic carbocycles. The molecule has 0 heterocycles. The Morgan fingerprint density at radius 1 is 0.852 bits per heavy atom. The largest absolute Gasteiger partial charge is 0.497 e. The Kier molecular flexibility index (Phi) is 8.56. The number of ether oxygens (including phenoxy) is 2. The Hall–Kier alpha value is -2.62. The highest BCUT2D eigenvalue weighted by Crippen LogP contribution is 2.15. The number of carbonyl (C=O) groups excluding carboxylic acids is 2. The van der Waals surface area contributed by atoms with Crippen LogP contribution in [0.25, 0.3) is 0 Å². The van der Waals surface area contributed by atoms with Gasteiger partial charge < -0.3 is 9.47 Å². The maximum absolute atomic E-state index is 12.1. The van der Waals surface area contributed by atoms with E-state index in [-0.39, 0.29) is 17.9 Å². The number of rotatable bonds is 11. The second-order valence-electron chi connectivity index (χ2n) is 6.69. The van der Waals surface area contributed by atoms with Gasteiger partial charge in [-0.25, -0.2) is 4.79 Å². The molecule has 4 nitrogen and oxygen atoms in total. The number of hydrogen-bond donors (Lipinski definition) is 0. The van der Waals surface area contributed by atoms with Gasteiger partial charge in [-0.1, -0.05) is 31.0 Å². The van der Waals surface area contributed by atoms with Gasteiger partial charge in [0.1, 0.15) is 5.75 Å². The highest BCUT2D eigenvalue weighted by atomic mass is 16.5. The molecule has 0 amide bonds. The highest BCUT2D eigenvalue weighted by Gasteiger charge is 2.11. The van der Waals surface area contributed by atoms with Crippen molar-refractivity contribution in [2.45, 2.75) is 51.6 Å². The molecule has 2 aromatic rings. The standard InChI is InChI=1S/C23H28O4/c1-18(27-23(25)20-11-7-5-8-12-20)10-6-3-4-9-13-22(24)19-14-16-21(26-2)17-15-19/h5,7-8,11-12,14-18H,3-4,6,9-10,13H2,1-2H3. The maximum Gasteiger partial charge on any atom is 0.338 e. The lowest BCUT2D eigenvalue weighted by Crippen LogP contribution is -2.14. The first-order valence-corrected chi connectivity index (χ1v) is 9.53. The molecule has 4 heteroatoms. The Morgan fingerprint density at radius 2 is 1.52 bits per heavy atom. The summed E-state index contributed by atoms with van der Waals surface area (Å²) in [5.74, 6) is 0.657. The van der Waals surface area contributed by atoms with E-state index in [2.05, 4.69) is 0 Å². The first-order valence-electron chi connectivity index (χ1n) is 9.53. The second kappa shape index (κ2) is 11.2. The van der Waals surface area contributed by atoms with Crippen molar-refractivity contribution in [3.05, 3.63) is 65.7 Å². The van der Waals surface area contributed by atoms with Crippen LogP contribution in [0.4, 0.5) is 0 Å². The topological polar surface area (TPSA) is 52.6 Å². The summed E-state index contributed by atoms with van der Waals surface area (Å²) in [5.41, 5.74) is 1.32. The molecule has 0 aromatic heterocycles. The average Bonchev–Trinajstić information content (AvgIpc) is 2.71. The van der Waals surface area contributed by atoms with Crippen LogP contribution < -0.4 is 4.74 Å². The van der Waals surface area contributed by atoms with Gasteiger partial charge in [0.25, 0.3) is 0 Å². The van der Waals surface area contributed by atoms with E-state index >= 15 is 0 Å². The zero-order chi connectivity index (χ0) is 19.5. The molecule has 0 fully saturated rings. The van der Waals surface area contributed by atoms with Crippen molar-refractivity contribution in [1.29, 1.82) is 0 Å². The Bertz CT molecular complexity index is 707. The van der Waals surface area contributed by atoms with E-state index in [0.717, 1.165) is 43.4 Å². The van der Waals surface area contributed by atoms with Crippen molar-refractivity contribution < 1.29 is 19.1 Å². The molecule has 2 rings (SSSR count). The molecule has 0 N–H and O–H groups in total. The van der Waals surface area contributed by atoms with Crippen molar-refractivity contribution in [2.75, 3.05) is 7.11 Å². The smallest absolute Gasteiger partial charge is 0.338 e. The summed E-state index contributed by atoms with van der Waals surface area (Å²) in [6, 6.07) is 16.3. The van der Waals surface area contributed by atoms with E-state index in [4.69, 9.17) is 9.47 Å². The number of esters is 1. The summed E-state index contributed by atoms with van der Waals surface area (Å²) < 4.78 is 10.6. The van der Waals surface area contributed by atoms with Crippen LogP contribution in [-0.4, -0.2) is 25.0 Å². The lowest BCUT2D eigenvalue weighted by atomic mass is 10.0. The van der Waals surface area contributed by atoms with Gasteiger partial charge in [-0.05, 0) is 62.6 Å². The van der Waals surface area contributed by atoms with Crippen molar-refractivity contribution in [2.24, 2.45) is 0 Å². The Morgan fingerprint density at radius 3 is 2.19 bits per heavy atom. The van der Waals surface area contributed by atoms with Gasteiger partial charge in [0.05, 0.1) is 18.8 Å². The molecule has 1 unspecified atom stereocenters. The molecule has 0 bridgehead atoms. The SMILES string of the molecule is COc1ccc(C(=O)CCCCCCC(C)OC(=O)c2ccccc2)cc1.